The fraction of sp³-hybridized carbons (Fsp3) is 0.846. The average Bonchev–Trinajstić information content (AvgIpc) is 2.79. The molecule has 1 spiro atoms. The Kier molecular flexibility index (Phi) is 3.35. The molecule has 0 amide bonds. The van der Waals surface area contributed by atoms with Gasteiger partial charge in [0.25, 0.3) is 0 Å². The number of piperazine rings is 1. The van der Waals surface area contributed by atoms with E-state index >= 15 is 0 Å². The Bertz CT molecular complexity index is 389. The fourth-order valence-electron chi connectivity index (χ4n) is 3.41. The summed E-state index contributed by atoms with van der Waals surface area (Å²) >= 11 is 0. The van der Waals surface area contributed by atoms with Gasteiger partial charge in [0, 0.05) is 32.1 Å². The van der Waals surface area contributed by atoms with E-state index in [1.54, 1.807) is 0 Å². The Morgan fingerprint density at radius 2 is 2.17 bits per heavy atom. The monoisotopic (exact) mass is 250 g/mol. The van der Waals surface area contributed by atoms with Crippen LogP contribution >= 0.6 is 0 Å². The van der Waals surface area contributed by atoms with Crippen LogP contribution in [0.4, 0.5) is 0 Å². The van der Waals surface area contributed by atoms with Gasteiger partial charge in [-0.05, 0) is 12.8 Å². The molecule has 1 aliphatic carbocycles. The molecule has 1 aromatic heterocycles. The van der Waals surface area contributed by atoms with Crippen molar-refractivity contribution in [2.75, 3.05) is 19.6 Å². The summed E-state index contributed by atoms with van der Waals surface area (Å²) in [4.78, 5) is 6.92. The van der Waals surface area contributed by atoms with Gasteiger partial charge in [0.2, 0.25) is 5.89 Å². The predicted molar refractivity (Wildman–Crippen MR) is 68.1 cm³/mol. The SMILES string of the molecule is Cc1nc(CN2CCNCC23CCCCC3)no1. The van der Waals surface area contributed by atoms with Crippen LogP contribution in [0.3, 0.4) is 0 Å². The summed E-state index contributed by atoms with van der Waals surface area (Å²) in [6.07, 6.45) is 6.69. The zero-order valence-electron chi connectivity index (χ0n) is 11.1. The highest BCUT2D eigenvalue weighted by atomic mass is 16.5. The lowest BCUT2D eigenvalue weighted by molar-refractivity contribution is 0.0184. The minimum Gasteiger partial charge on any atom is -0.340 e. The first-order chi connectivity index (χ1) is 8.78. The van der Waals surface area contributed by atoms with E-state index in [9.17, 15) is 0 Å². The van der Waals surface area contributed by atoms with Crippen LogP contribution in [0, 0.1) is 6.92 Å². The van der Waals surface area contributed by atoms with Crippen molar-refractivity contribution in [3.8, 4) is 0 Å². The van der Waals surface area contributed by atoms with Crippen molar-refractivity contribution in [3.63, 3.8) is 0 Å². The second-order valence-electron chi connectivity index (χ2n) is 5.61. The second kappa shape index (κ2) is 4.97. The predicted octanol–water partition coefficient (Wildman–Crippen LogP) is 1.49. The fourth-order valence-corrected chi connectivity index (χ4v) is 3.41. The molecule has 2 aliphatic rings. The van der Waals surface area contributed by atoms with Gasteiger partial charge < -0.3 is 9.84 Å². The molecular formula is C13H22N4O. The first-order valence-corrected chi connectivity index (χ1v) is 7.03. The Hall–Kier alpha value is -0.940. The van der Waals surface area contributed by atoms with E-state index in [1.165, 1.54) is 32.1 Å². The number of aryl methyl sites for hydroxylation is 1. The summed E-state index contributed by atoms with van der Waals surface area (Å²) in [5, 5.41) is 7.60. The van der Waals surface area contributed by atoms with E-state index in [-0.39, 0.29) is 0 Å². The summed E-state index contributed by atoms with van der Waals surface area (Å²) < 4.78 is 5.08. The molecule has 1 saturated heterocycles. The van der Waals surface area contributed by atoms with Crippen LogP contribution in [0.5, 0.6) is 0 Å². The van der Waals surface area contributed by atoms with E-state index in [4.69, 9.17) is 4.52 Å². The molecule has 2 heterocycles. The van der Waals surface area contributed by atoms with Gasteiger partial charge in [-0.3, -0.25) is 4.90 Å². The molecular weight excluding hydrogens is 228 g/mol. The van der Waals surface area contributed by atoms with Crippen molar-refractivity contribution in [2.45, 2.75) is 51.1 Å². The van der Waals surface area contributed by atoms with Crippen molar-refractivity contribution in [1.82, 2.24) is 20.4 Å². The Labute approximate surface area is 108 Å². The molecule has 0 bridgehead atoms. The molecule has 2 fully saturated rings. The number of hydrogen-bond donors (Lipinski definition) is 1. The summed E-state index contributed by atoms with van der Waals surface area (Å²) in [6, 6.07) is 0. The van der Waals surface area contributed by atoms with Gasteiger partial charge in [-0.2, -0.15) is 4.98 Å². The van der Waals surface area contributed by atoms with Gasteiger partial charge in [-0.15, -0.1) is 0 Å². The number of nitrogens with zero attached hydrogens (tertiary/aromatic N) is 3. The van der Waals surface area contributed by atoms with Gasteiger partial charge in [0.05, 0.1) is 6.54 Å². The van der Waals surface area contributed by atoms with Crippen LogP contribution in [0.2, 0.25) is 0 Å². The van der Waals surface area contributed by atoms with Crippen molar-refractivity contribution < 1.29 is 4.52 Å². The Morgan fingerprint density at radius 1 is 1.33 bits per heavy atom. The highest BCUT2D eigenvalue weighted by Crippen LogP contribution is 2.35. The van der Waals surface area contributed by atoms with E-state index < -0.39 is 0 Å². The van der Waals surface area contributed by atoms with Crippen molar-refractivity contribution in [2.24, 2.45) is 0 Å². The molecule has 0 unspecified atom stereocenters. The lowest BCUT2D eigenvalue weighted by Gasteiger charge is -2.49. The highest BCUT2D eigenvalue weighted by molar-refractivity contribution is 4.99. The molecule has 100 valence electrons. The average molecular weight is 250 g/mol. The number of hydrogen-bond acceptors (Lipinski definition) is 5. The van der Waals surface area contributed by atoms with Crippen molar-refractivity contribution in [3.05, 3.63) is 11.7 Å². The number of rotatable bonds is 2. The molecule has 3 rings (SSSR count). The maximum atomic E-state index is 5.08. The maximum absolute atomic E-state index is 5.08. The van der Waals surface area contributed by atoms with Gasteiger partial charge in [-0.25, -0.2) is 0 Å². The van der Waals surface area contributed by atoms with Crippen LogP contribution in [-0.2, 0) is 6.54 Å². The molecule has 0 atom stereocenters. The van der Waals surface area contributed by atoms with Gasteiger partial charge in [0.15, 0.2) is 5.82 Å². The van der Waals surface area contributed by atoms with Crippen molar-refractivity contribution >= 4 is 0 Å². The minimum absolute atomic E-state index is 0.338. The lowest BCUT2D eigenvalue weighted by atomic mass is 9.79. The maximum Gasteiger partial charge on any atom is 0.223 e. The highest BCUT2D eigenvalue weighted by Gasteiger charge is 2.39. The number of nitrogens with one attached hydrogen (secondary N) is 1. The van der Waals surface area contributed by atoms with E-state index in [0.717, 1.165) is 32.0 Å². The van der Waals surface area contributed by atoms with Crippen LogP contribution in [0.15, 0.2) is 4.52 Å². The summed E-state index contributed by atoms with van der Waals surface area (Å²) in [7, 11) is 0. The second-order valence-corrected chi connectivity index (χ2v) is 5.61. The summed E-state index contributed by atoms with van der Waals surface area (Å²) in [5.41, 5.74) is 0.338. The third-order valence-corrected chi connectivity index (χ3v) is 4.37. The first-order valence-electron chi connectivity index (χ1n) is 7.03. The van der Waals surface area contributed by atoms with Gasteiger partial charge in [0.1, 0.15) is 0 Å². The molecule has 0 aromatic carbocycles. The van der Waals surface area contributed by atoms with Gasteiger partial charge in [-0.1, -0.05) is 24.4 Å². The zero-order valence-corrected chi connectivity index (χ0v) is 11.1. The van der Waals surface area contributed by atoms with Crippen molar-refractivity contribution in [1.29, 1.82) is 0 Å². The summed E-state index contributed by atoms with van der Waals surface area (Å²) in [5.74, 6) is 1.50. The first kappa shape index (κ1) is 12.1. The van der Waals surface area contributed by atoms with E-state index in [1.807, 2.05) is 6.92 Å². The molecule has 0 radical (unpaired) electrons. The Morgan fingerprint density at radius 3 is 2.89 bits per heavy atom. The third kappa shape index (κ3) is 2.29. The molecule has 5 heteroatoms. The molecule has 18 heavy (non-hydrogen) atoms. The minimum atomic E-state index is 0.338. The molecule has 1 aromatic rings. The van der Waals surface area contributed by atoms with Crippen LogP contribution in [0.1, 0.15) is 43.8 Å². The van der Waals surface area contributed by atoms with Gasteiger partial charge >= 0.3 is 0 Å². The topological polar surface area (TPSA) is 54.2 Å². The van der Waals surface area contributed by atoms with Crippen LogP contribution in [0.25, 0.3) is 0 Å². The molecule has 1 saturated carbocycles. The normalized spacial score (nSPS) is 24.5. The largest absolute Gasteiger partial charge is 0.340 e. The smallest absolute Gasteiger partial charge is 0.223 e. The lowest BCUT2D eigenvalue weighted by Crippen LogP contribution is -2.61. The third-order valence-electron chi connectivity index (χ3n) is 4.37. The number of aromatic nitrogens is 2. The summed E-state index contributed by atoms with van der Waals surface area (Å²) in [6.45, 7) is 5.96. The molecule has 1 N–H and O–H groups in total. The van der Waals surface area contributed by atoms with Crippen LogP contribution < -0.4 is 5.32 Å². The van der Waals surface area contributed by atoms with Crippen LogP contribution in [-0.4, -0.2) is 40.2 Å². The quantitative estimate of drug-likeness (QED) is 0.861. The molecule has 5 nitrogen and oxygen atoms in total. The zero-order chi connectivity index (χ0) is 12.4. The molecule has 1 aliphatic heterocycles. The standard InChI is InChI=1S/C13H22N4O/c1-11-15-12(16-18-11)9-17-8-7-14-10-13(17)5-3-2-4-6-13/h14H,2-10H2,1H3. The Balaban J connectivity index is 1.75. The van der Waals surface area contributed by atoms with E-state index in [0.29, 0.717) is 11.4 Å². The van der Waals surface area contributed by atoms with E-state index in [2.05, 4.69) is 20.4 Å².